The molecule has 0 radical (unpaired) electrons. The number of benzene rings is 2. The van der Waals surface area contributed by atoms with Gasteiger partial charge in [0.25, 0.3) is 0 Å². The number of carbonyl (C=O) groups excluding carboxylic acids is 2. The molecule has 5 heteroatoms. The van der Waals surface area contributed by atoms with E-state index >= 15 is 0 Å². The zero-order valence-corrected chi connectivity index (χ0v) is 15.8. The number of hydrogen-bond acceptors (Lipinski definition) is 3. The first kappa shape index (κ1) is 19.5. The van der Waals surface area contributed by atoms with Crippen molar-refractivity contribution < 1.29 is 14.3 Å². The number of hydrogen-bond donors (Lipinski definition) is 1. The molecular weight excluding hydrogens is 328 g/mol. The van der Waals surface area contributed by atoms with Gasteiger partial charge in [-0.2, -0.15) is 0 Å². The second-order valence-corrected chi connectivity index (χ2v) is 6.39. The predicted molar refractivity (Wildman–Crippen MR) is 105 cm³/mol. The van der Waals surface area contributed by atoms with E-state index in [0.717, 1.165) is 17.0 Å². The maximum Gasteiger partial charge on any atom is 0.236 e. The van der Waals surface area contributed by atoms with Gasteiger partial charge in [0.05, 0.1) is 6.10 Å². The standard InChI is InChI=1S/C21H26N2O3/c1-5-23(18-8-6-7-16(4)13-18)21(25)14-20(24)22-17-9-11-19(12-10-17)26-15(2)3/h6-13,15H,5,14H2,1-4H3,(H,22,24). The van der Waals surface area contributed by atoms with Crippen molar-refractivity contribution in [3.8, 4) is 5.75 Å². The highest BCUT2D eigenvalue weighted by Crippen LogP contribution is 2.19. The molecule has 0 spiro atoms. The lowest BCUT2D eigenvalue weighted by molar-refractivity contribution is -0.125. The van der Waals surface area contributed by atoms with Crippen LogP contribution in [0.5, 0.6) is 5.75 Å². The van der Waals surface area contributed by atoms with Crippen molar-refractivity contribution in [3.63, 3.8) is 0 Å². The van der Waals surface area contributed by atoms with Gasteiger partial charge >= 0.3 is 0 Å². The van der Waals surface area contributed by atoms with Crippen LogP contribution in [0.3, 0.4) is 0 Å². The third kappa shape index (κ3) is 5.62. The summed E-state index contributed by atoms with van der Waals surface area (Å²) in [6.45, 7) is 8.29. The fraction of sp³-hybridized carbons (Fsp3) is 0.333. The van der Waals surface area contributed by atoms with Crippen molar-refractivity contribution in [2.24, 2.45) is 0 Å². The van der Waals surface area contributed by atoms with Crippen LogP contribution in [0, 0.1) is 6.92 Å². The van der Waals surface area contributed by atoms with E-state index in [4.69, 9.17) is 4.74 Å². The lowest BCUT2D eigenvalue weighted by Gasteiger charge is -2.21. The zero-order valence-electron chi connectivity index (χ0n) is 15.8. The van der Waals surface area contributed by atoms with E-state index in [1.807, 2.05) is 52.0 Å². The molecule has 2 aromatic rings. The van der Waals surface area contributed by atoms with Crippen LogP contribution in [0.25, 0.3) is 0 Å². The molecule has 1 N–H and O–H groups in total. The van der Waals surface area contributed by atoms with Gasteiger partial charge in [-0.15, -0.1) is 0 Å². The Morgan fingerprint density at radius 2 is 1.81 bits per heavy atom. The predicted octanol–water partition coefficient (Wildman–Crippen LogP) is 4.16. The van der Waals surface area contributed by atoms with Crippen molar-refractivity contribution >= 4 is 23.2 Å². The van der Waals surface area contributed by atoms with E-state index < -0.39 is 0 Å². The molecule has 2 aromatic carbocycles. The Morgan fingerprint density at radius 3 is 2.38 bits per heavy atom. The maximum atomic E-state index is 12.5. The first-order valence-corrected chi connectivity index (χ1v) is 8.82. The van der Waals surface area contributed by atoms with Gasteiger partial charge in [-0.3, -0.25) is 9.59 Å². The Bertz CT molecular complexity index is 754. The minimum Gasteiger partial charge on any atom is -0.491 e. The van der Waals surface area contributed by atoms with Crippen LogP contribution in [0.1, 0.15) is 32.8 Å². The Morgan fingerprint density at radius 1 is 1.12 bits per heavy atom. The summed E-state index contributed by atoms with van der Waals surface area (Å²) in [4.78, 5) is 26.3. The number of nitrogens with zero attached hydrogens (tertiary/aromatic N) is 1. The molecule has 0 aliphatic carbocycles. The van der Waals surface area contributed by atoms with E-state index in [2.05, 4.69) is 5.32 Å². The van der Waals surface area contributed by atoms with Crippen molar-refractivity contribution in [2.45, 2.75) is 40.2 Å². The van der Waals surface area contributed by atoms with E-state index in [1.54, 1.807) is 29.2 Å². The second-order valence-electron chi connectivity index (χ2n) is 6.39. The molecule has 138 valence electrons. The van der Waals surface area contributed by atoms with E-state index in [0.29, 0.717) is 12.2 Å². The Balaban J connectivity index is 1.96. The second kappa shape index (κ2) is 9.04. The van der Waals surface area contributed by atoms with Gasteiger partial charge in [-0.1, -0.05) is 12.1 Å². The molecule has 26 heavy (non-hydrogen) atoms. The Hall–Kier alpha value is -2.82. The van der Waals surface area contributed by atoms with Gasteiger partial charge in [0.1, 0.15) is 12.2 Å². The number of ether oxygens (including phenoxy) is 1. The molecule has 0 bridgehead atoms. The summed E-state index contributed by atoms with van der Waals surface area (Å²) in [5, 5.41) is 2.75. The van der Waals surface area contributed by atoms with E-state index in [-0.39, 0.29) is 24.3 Å². The number of aryl methyl sites for hydroxylation is 1. The van der Waals surface area contributed by atoms with E-state index in [9.17, 15) is 9.59 Å². The molecule has 0 aliphatic heterocycles. The topological polar surface area (TPSA) is 58.6 Å². The molecule has 0 aromatic heterocycles. The quantitative estimate of drug-likeness (QED) is 0.760. The maximum absolute atomic E-state index is 12.5. The number of anilines is 2. The van der Waals surface area contributed by atoms with Crippen LogP contribution in [0.15, 0.2) is 48.5 Å². The van der Waals surface area contributed by atoms with Crippen LogP contribution >= 0.6 is 0 Å². The van der Waals surface area contributed by atoms with Crippen LogP contribution in [-0.4, -0.2) is 24.5 Å². The van der Waals surface area contributed by atoms with Gasteiger partial charge in [0, 0.05) is 17.9 Å². The molecule has 0 fully saturated rings. The fourth-order valence-corrected chi connectivity index (χ4v) is 2.63. The highest BCUT2D eigenvalue weighted by molar-refractivity contribution is 6.09. The summed E-state index contributed by atoms with van der Waals surface area (Å²) in [6, 6.07) is 14.8. The minimum atomic E-state index is -0.335. The molecule has 2 rings (SSSR count). The van der Waals surface area contributed by atoms with Gasteiger partial charge in [0.2, 0.25) is 11.8 Å². The number of carbonyl (C=O) groups is 2. The summed E-state index contributed by atoms with van der Waals surface area (Å²) < 4.78 is 5.57. The molecular formula is C21H26N2O3. The van der Waals surface area contributed by atoms with E-state index in [1.165, 1.54) is 0 Å². The third-order valence-electron chi connectivity index (χ3n) is 3.75. The van der Waals surface area contributed by atoms with Crippen LogP contribution < -0.4 is 15.0 Å². The normalized spacial score (nSPS) is 10.5. The van der Waals surface area contributed by atoms with Gasteiger partial charge in [-0.05, 0) is 69.7 Å². The van der Waals surface area contributed by atoms with Crippen LogP contribution in [0.2, 0.25) is 0 Å². The monoisotopic (exact) mass is 354 g/mol. The smallest absolute Gasteiger partial charge is 0.236 e. The average molecular weight is 354 g/mol. The molecule has 0 saturated heterocycles. The summed E-state index contributed by atoms with van der Waals surface area (Å²) in [5.74, 6) is 0.180. The Labute approximate surface area is 155 Å². The van der Waals surface area contributed by atoms with Crippen molar-refractivity contribution in [1.29, 1.82) is 0 Å². The highest BCUT2D eigenvalue weighted by atomic mass is 16.5. The summed E-state index contributed by atoms with van der Waals surface area (Å²) >= 11 is 0. The van der Waals surface area contributed by atoms with Crippen molar-refractivity contribution in [2.75, 3.05) is 16.8 Å². The lowest BCUT2D eigenvalue weighted by atomic mass is 10.2. The summed E-state index contributed by atoms with van der Waals surface area (Å²) in [7, 11) is 0. The largest absolute Gasteiger partial charge is 0.491 e. The molecule has 0 aliphatic rings. The molecule has 2 amide bonds. The lowest BCUT2D eigenvalue weighted by Crippen LogP contribution is -2.33. The van der Waals surface area contributed by atoms with Gasteiger partial charge < -0.3 is 15.0 Å². The van der Waals surface area contributed by atoms with Crippen molar-refractivity contribution in [3.05, 3.63) is 54.1 Å². The van der Waals surface area contributed by atoms with Gasteiger partial charge in [-0.25, -0.2) is 0 Å². The SMILES string of the molecule is CCN(C(=O)CC(=O)Nc1ccc(OC(C)C)cc1)c1cccc(C)c1. The number of rotatable bonds is 7. The molecule has 0 unspecified atom stereocenters. The van der Waals surface area contributed by atoms with Crippen LogP contribution in [0.4, 0.5) is 11.4 Å². The first-order chi connectivity index (χ1) is 12.4. The van der Waals surface area contributed by atoms with Crippen LogP contribution in [-0.2, 0) is 9.59 Å². The molecule has 5 nitrogen and oxygen atoms in total. The fourth-order valence-electron chi connectivity index (χ4n) is 2.63. The number of nitrogens with one attached hydrogen (secondary N) is 1. The number of amides is 2. The van der Waals surface area contributed by atoms with Crippen molar-refractivity contribution in [1.82, 2.24) is 0 Å². The molecule has 0 atom stereocenters. The zero-order chi connectivity index (χ0) is 19.1. The summed E-state index contributed by atoms with van der Waals surface area (Å²) in [5.41, 5.74) is 2.51. The molecule has 0 heterocycles. The molecule has 0 saturated carbocycles. The summed E-state index contributed by atoms with van der Waals surface area (Å²) in [6.07, 6.45) is -0.110. The average Bonchev–Trinajstić information content (AvgIpc) is 2.57. The third-order valence-corrected chi connectivity index (χ3v) is 3.75. The minimum absolute atomic E-state index is 0.0923. The Kier molecular flexibility index (Phi) is 6.78. The highest BCUT2D eigenvalue weighted by Gasteiger charge is 2.18. The first-order valence-electron chi connectivity index (χ1n) is 8.82. The van der Waals surface area contributed by atoms with Gasteiger partial charge in [0.15, 0.2) is 0 Å².